The summed E-state index contributed by atoms with van der Waals surface area (Å²) in [6.45, 7) is 3.77. The Morgan fingerprint density at radius 1 is 1.48 bits per heavy atom. The zero-order valence-electron chi connectivity index (χ0n) is 12.4. The number of likely N-dealkylation sites (tertiary alicyclic amines) is 1. The average Bonchev–Trinajstić information content (AvgIpc) is 2.74. The predicted molar refractivity (Wildman–Crippen MR) is 76.6 cm³/mol. The maximum Gasteiger partial charge on any atom is 0.252 e. The number of nitrogens with one attached hydrogen (secondary N) is 1. The SMILES string of the molecule is CCC(C)N1C(=O)CC(Nc2ccc(F)c(OC)c2)C1=O. The number of imide groups is 1. The topological polar surface area (TPSA) is 58.6 Å². The number of nitrogens with zero attached hydrogens (tertiary/aromatic N) is 1. The van der Waals surface area contributed by atoms with Crippen LogP contribution in [0.1, 0.15) is 26.7 Å². The van der Waals surface area contributed by atoms with Gasteiger partial charge in [0, 0.05) is 17.8 Å². The monoisotopic (exact) mass is 294 g/mol. The van der Waals surface area contributed by atoms with E-state index in [9.17, 15) is 14.0 Å². The second-order valence-electron chi connectivity index (χ2n) is 5.11. The van der Waals surface area contributed by atoms with Gasteiger partial charge in [0.05, 0.1) is 13.5 Å². The molecule has 2 unspecified atom stereocenters. The minimum atomic E-state index is -0.610. The van der Waals surface area contributed by atoms with Crippen LogP contribution in [-0.2, 0) is 9.59 Å². The van der Waals surface area contributed by atoms with E-state index < -0.39 is 11.9 Å². The van der Waals surface area contributed by atoms with Gasteiger partial charge in [0.1, 0.15) is 6.04 Å². The summed E-state index contributed by atoms with van der Waals surface area (Å²) in [5, 5.41) is 2.97. The second-order valence-corrected chi connectivity index (χ2v) is 5.11. The first-order chi connectivity index (χ1) is 9.97. The number of methoxy groups -OCH3 is 1. The molecule has 5 nitrogen and oxygen atoms in total. The number of ether oxygens (including phenoxy) is 1. The number of rotatable bonds is 5. The highest BCUT2D eigenvalue weighted by molar-refractivity contribution is 6.07. The smallest absolute Gasteiger partial charge is 0.252 e. The summed E-state index contributed by atoms with van der Waals surface area (Å²) in [5.41, 5.74) is 0.547. The molecule has 1 aromatic rings. The fourth-order valence-electron chi connectivity index (χ4n) is 2.36. The van der Waals surface area contributed by atoms with Crippen molar-refractivity contribution in [3.05, 3.63) is 24.0 Å². The molecule has 1 aliphatic heterocycles. The van der Waals surface area contributed by atoms with Crippen molar-refractivity contribution in [3.63, 3.8) is 0 Å². The normalized spacial score (nSPS) is 19.8. The van der Waals surface area contributed by atoms with Crippen LogP contribution in [0.2, 0.25) is 0 Å². The van der Waals surface area contributed by atoms with Gasteiger partial charge in [-0.1, -0.05) is 6.92 Å². The van der Waals surface area contributed by atoms with E-state index in [-0.39, 0.29) is 30.0 Å². The standard InChI is InChI=1S/C15H19FN2O3/c1-4-9(2)18-14(19)8-12(15(18)20)17-10-5-6-11(16)13(7-10)21-3/h5-7,9,12,17H,4,8H2,1-3H3. The molecule has 1 aromatic carbocycles. The maximum absolute atomic E-state index is 13.4. The van der Waals surface area contributed by atoms with E-state index in [1.165, 1.54) is 30.2 Å². The average molecular weight is 294 g/mol. The fourth-order valence-corrected chi connectivity index (χ4v) is 2.36. The van der Waals surface area contributed by atoms with E-state index in [0.717, 1.165) is 0 Å². The number of halogens is 1. The molecule has 0 spiro atoms. The van der Waals surface area contributed by atoms with Gasteiger partial charge in [0.25, 0.3) is 5.91 Å². The number of carbonyl (C=O) groups is 2. The molecular weight excluding hydrogens is 275 g/mol. The lowest BCUT2D eigenvalue weighted by Crippen LogP contribution is -2.40. The number of anilines is 1. The molecule has 2 atom stereocenters. The van der Waals surface area contributed by atoms with Crippen molar-refractivity contribution < 1.29 is 18.7 Å². The largest absolute Gasteiger partial charge is 0.494 e. The zero-order valence-corrected chi connectivity index (χ0v) is 12.4. The summed E-state index contributed by atoms with van der Waals surface area (Å²) in [7, 11) is 1.37. The van der Waals surface area contributed by atoms with Crippen molar-refractivity contribution in [1.82, 2.24) is 4.90 Å². The quantitative estimate of drug-likeness (QED) is 0.846. The number of amides is 2. The number of benzene rings is 1. The van der Waals surface area contributed by atoms with E-state index in [1.807, 2.05) is 13.8 Å². The molecule has 21 heavy (non-hydrogen) atoms. The van der Waals surface area contributed by atoms with Crippen molar-refractivity contribution in [3.8, 4) is 5.75 Å². The lowest BCUT2D eigenvalue weighted by molar-refractivity contribution is -0.140. The minimum absolute atomic E-state index is 0.0931. The summed E-state index contributed by atoms with van der Waals surface area (Å²) in [6, 6.07) is 3.52. The molecule has 114 valence electrons. The Bertz CT molecular complexity index is 562. The van der Waals surface area contributed by atoms with Gasteiger partial charge in [-0.25, -0.2) is 4.39 Å². The minimum Gasteiger partial charge on any atom is -0.494 e. The van der Waals surface area contributed by atoms with Gasteiger partial charge in [-0.3, -0.25) is 14.5 Å². The van der Waals surface area contributed by atoms with Crippen LogP contribution < -0.4 is 10.1 Å². The zero-order chi connectivity index (χ0) is 15.6. The van der Waals surface area contributed by atoms with Gasteiger partial charge in [0.2, 0.25) is 5.91 Å². The molecule has 0 saturated carbocycles. The van der Waals surface area contributed by atoms with Crippen molar-refractivity contribution >= 4 is 17.5 Å². The van der Waals surface area contributed by atoms with Crippen LogP contribution >= 0.6 is 0 Å². The van der Waals surface area contributed by atoms with Gasteiger partial charge in [0.15, 0.2) is 11.6 Å². The number of hydrogen-bond donors (Lipinski definition) is 1. The number of carbonyl (C=O) groups excluding carboxylic acids is 2. The van der Waals surface area contributed by atoms with E-state index in [2.05, 4.69) is 5.32 Å². The molecule has 0 aliphatic carbocycles. The Labute approximate surface area is 123 Å². The van der Waals surface area contributed by atoms with E-state index in [4.69, 9.17) is 4.74 Å². The first-order valence-electron chi connectivity index (χ1n) is 6.93. The molecule has 2 rings (SSSR count). The third-order valence-electron chi connectivity index (χ3n) is 3.71. The van der Waals surface area contributed by atoms with Crippen molar-refractivity contribution in [2.45, 2.75) is 38.8 Å². The number of hydrogen-bond acceptors (Lipinski definition) is 4. The van der Waals surface area contributed by atoms with Crippen LogP contribution in [0.4, 0.5) is 10.1 Å². The van der Waals surface area contributed by atoms with Crippen LogP contribution in [-0.4, -0.2) is 35.9 Å². The summed E-state index contributed by atoms with van der Waals surface area (Å²) in [5.74, 6) is -0.799. The van der Waals surface area contributed by atoms with Crippen molar-refractivity contribution in [2.24, 2.45) is 0 Å². The Hall–Kier alpha value is -2.11. The molecule has 1 N–H and O–H groups in total. The van der Waals surface area contributed by atoms with Gasteiger partial charge < -0.3 is 10.1 Å². The third-order valence-corrected chi connectivity index (χ3v) is 3.71. The fraction of sp³-hybridized carbons (Fsp3) is 0.467. The van der Waals surface area contributed by atoms with Crippen LogP contribution in [0.3, 0.4) is 0 Å². The Balaban J connectivity index is 2.14. The molecule has 1 heterocycles. The Kier molecular flexibility index (Phi) is 4.45. The summed E-state index contributed by atoms with van der Waals surface area (Å²) in [4.78, 5) is 25.5. The summed E-state index contributed by atoms with van der Waals surface area (Å²) < 4.78 is 18.3. The summed E-state index contributed by atoms with van der Waals surface area (Å²) in [6.07, 6.45) is 0.831. The molecule has 6 heteroatoms. The molecule has 1 fully saturated rings. The molecule has 2 amide bonds. The molecule has 0 radical (unpaired) electrons. The van der Waals surface area contributed by atoms with E-state index in [0.29, 0.717) is 12.1 Å². The van der Waals surface area contributed by atoms with Gasteiger partial charge in [-0.05, 0) is 25.5 Å². The first-order valence-corrected chi connectivity index (χ1v) is 6.93. The van der Waals surface area contributed by atoms with Crippen LogP contribution in [0.5, 0.6) is 5.75 Å². The van der Waals surface area contributed by atoms with Crippen LogP contribution in [0, 0.1) is 5.82 Å². The molecule has 0 aromatic heterocycles. The van der Waals surface area contributed by atoms with Gasteiger partial charge in [-0.2, -0.15) is 0 Å². The highest BCUT2D eigenvalue weighted by atomic mass is 19.1. The lowest BCUT2D eigenvalue weighted by atomic mass is 10.2. The maximum atomic E-state index is 13.4. The van der Waals surface area contributed by atoms with Gasteiger partial charge >= 0.3 is 0 Å². The van der Waals surface area contributed by atoms with Crippen molar-refractivity contribution in [2.75, 3.05) is 12.4 Å². The second kappa shape index (κ2) is 6.11. The van der Waals surface area contributed by atoms with Gasteiger partial charge in [-0.15, -0.1) is 0 Å². The highest BCUT2D eigenvalue weighted by Gasteiger charge is 2.40. The predicted octanol–water partition coefficient (Wildman–Crippen LogP) is 2.17. The Morgan fingerprint density at radius 3 is 2.81 bits per heavy atom. The molecule has 1 aliphatic rings. The lowest BCUT2D eigenvalue weighted by Gasteiger charge is -2.22. The van der Waals surface area contributed by atoms with Crippen molar-refractivity contribution in [1.29, 1.82) is 0 Å². The highest BCUT2D eigenvalue weighted by Crippen LogP contribution is 2.25. The van der Waals surface area contributed by atoms with Crippen LogP contribution in [0.25, 0.3) is 0 Å². The first kappa shape index (κ1) is 15.3. The third kappa shape index (κ3) is 2.99. The Morgan fingerprint density at radius 2 is 2.19 bits per heavy atom. The molecule has 1 saturated heterocycles. The van der Waals surface area contributed by atoms with Crippen LogP contribution in [0.15, 0.2) is 18.2 Å². The summed E-state index contributed by atoms with van der Waals surface area (Å²) >= 11 is 0. The van der Waals surface area contributed by atoms with E-state index in [1.54, 1.807) is 0 Å². The molecular formula is C15H19FN2O3. The van der Waals surface area contributed by atoms with E-state index >= 15 is 0 Å². The molecule has 0 bridgehead atoms.